The van der Waals surface area contributed by atoms with E-state index in [1.807, 2.05) is 43.6 Å². The summed E-state index contributed by atoms with van der Waals surface area (Å²) in [6.45, 7) is 0. The summed E-state index contributed by atoms with van der Waals surface area (Å²) in [6, 6.07) is 14.4. The molecule has 0 atom stereocenters. The quantitative estimate of drug-likeness (QED) is 0.624. The van der Waals surface area contributed by atoms with Gasteiger partial charge in [-0.3, -0.25) is 0 Å². The van der Waals surface area contributed by atoms with Gasteiger partial charge in [0.1, 0.15) is 11.2 Å². The molecule has 0 N–H and O–H groups in total. The molecule has 0 fully saturated rings. The van der Waals surface area contributed by atoms with Gasteiger partial charge >= 0.3 is 0 Å². The molecule has 2 nitrogen and oxygen atoms in total. The van der Waals surface area contributed by atoms with Crippen LogP contribution in [0.3, 0.4) is 0 Å². The summed E-state index contributed by atoms with van der Waals surface area (Å²) in [4.78, 5) is 2.07. The summed E-state index contributed by atoms with van der Waals surface area (Å²) in [5.41, 5.74) is 4.25. The lowest BCUT2D eigenvalue weighted by atomic mass is 9.99. The van der Waals surface area contributed by atoms with Crippen molar-refractivity contribution in [1.82, 2.24) is 4.90 Å². The first-order valence-electron chi connectivity index (χ1n) is 7.02. The summed E-state index contributed by atoms with van der Waals surface area (Å²) in [7, 11) is 2.04. The van der Waals surface area contributed by atoms with Crippen molar-refractivity contribution < 1.29 is 4.42 Å². The molecule has 0 amide bonds. The molecule has 0 bridgehead atoms. The highest BCUT2D eigenvalue weighted by Crippen LogP contribution is 2.35. The Balaban J connectivity index is 2.05. The SMILES string of the molecule is CN1C=CC=CC(c2cccc3oc4ccccc4c23)=C1. The number of fused-ring (bicyclic) bond motifs is 3. The molecule has 3 aromatic rings. The Morgan fingerprint density at radius 3 is 2.71 bits per heavy atom. The highest BCUT2D eigenvalue weighted by atomic mass is 16.3. The van der Waals surface area contributed by atoms with E-state index in [0.29, 0.717) is 0 Å². The molecule has 1 aromatic heterocycles. The Kier molecular flexibility index (Phi) is 2.68. The minimum atomic E-state index is 0.933. The van der Waals surface area contributed by atoms with E-state index >= 15 is 0 Å². The first kappa shape index (κ1) is 12.0. The number of allylic oxidation sites excluding steroid dienone is 4. The standard InChI is InChI=1S/C19H15NO/c1-20-12-5-4-7-14(13-20)15-9-6-11-18-19(15)16-8-2-3-10-17(16)21-18/h2-13H,1H3. The fourth-order valence-electron chi connectivity index (χ4n) is 2.82. The molecule has 1 aliphatic rings. The highest BCUT2D eigenvalue weighted by molar-refractivity contribution is 6.10. The largest absolute Gasteiger partial charge is 0.456 e. The zero-order valence-electron chi connectivity index (χ0n) is 11.8. The van der Waals surface area contributed by atoms with E-state index in [0.717, 1.165) is 16.6 Å². The van der Waals surface area contributed by atoms with Gasteiger partial charge in [-0.15, -0.1) is 0 Å². The lowest BCUT2D eigenvalue weighted by Gasteiger charge is -2.10. The van der Waals surface area contributed by atoms with Crippen LogP contribution in [0.1, 0.15) is 5.56 Å². The maximum absolute atomic E-state index is 5.96. The third-order valence-electron chi connectivity index (χ3n) is 3.76. The smallest absolute Gasteiger partial charge is 0.136 e. The number of rotatable bonds is 1. The van der Waals surface area contributed by atoms with Crippen molar-refractivity contribution in [2.24, 2.45) is 0 Å². The lowest BCUT2D eigenvalue weighted by Crippen LogP contribution is -2.00. The number of nitrogens with zero attached hydrogens (tertiary/aromatic N) is 1. The minimum absolute atomic E-state index is 0.933. The van der Waals surface area contributed by atoms with E-state index < -0.39 is 0 Å². The molecule has 102 valence electrons. The van der Waals surface area contributed by atoms with Crippen molar-refractivity contribution in [3.8, 4) is 0 Å². The van der Waals surface area contributed by atoms with Crippen molar-refractivity contribution in [3.63, 3.8) is 0 Å². The second-order valence-corrected chi connectivity index (χ2v) is 5.23. The van der Waals surface area contributed by atoms with Crippen LogP contribution in [0, 0.1) is 0 Å². The molecule has 0 saturated carbocycles. The molecule has 4 rings (SSSR count). The van der Waals surface area contributed by atoms with Crippen molar-refractivity contribution in [2.75, 3.05) is 7.05 Å². The first-order chi connectivity index (χ1) is 10.3. The van der Waals surface area contributed by atoms with Gasteiger partial charge in [0.25, 0.3) is 0 Å². The third kappa shape index (κ3) is 1.96. The predicted molar refractivity (Wildman–Crippen MR) is 87.7 cm³/mol. The van der Waals surface area contributed by atoms with Gasteiger partial charge in [0, 0.05) is 30.2 Å². The summed E-state index contributed by atoms with van der Waals surface area (Å²) in [6.07, 6.45) is 10.4. The van der Waals surface area contributed by atoms with E-state index in [9.17, 15) is 0 Å². The van der Waals surface area contributed by atoms with Crippen LogP contribution in [0.5, 0.6) is 0 Å². The van der Waals surface area contributed by atoms with Crippen molar-refractivity contribution >= 4 is 27.5 Å². The van der Waals surface area contributed by atoms with Crippen LogP contribution in [0.15, 0.2) is 77.5 Å². The molecule has 2 heteroatoms. The predicted octanol–water partition coefficient (Wildman–Crippen LogP) is 4.94. The van der Waals surface area contributed by atoms with Gasteiger partial charge in [-0.05, 0) is 29.3 Å². The van der Waals surface area contributed by atoms with Gasteiger partial charge in [0.05, 0.1) is 0 Å². The number of benzene rings is 2. The maximum Gasteiger partial charge on any atom is 0.136 e. The first-order valence-corrected chi connectivity index (χ1v) is 7.02. The van der Waals surface area contributed by atoms with Gasteiger partial charge in [0.15, 0.2) is 0 Å². The Morgan fingerprint density at radius 2 is 1.76 bits per heavy atom. The zero-order chi connectivity index (χ0) is 14.2. The summed E-state index contributed by atoms with van der Waals surface area (Å²) >= 11 is 0. The second kappa shape index (κ2) is 4.67. The Labute approximate surface area is 123 Å². The zero-order valence-corrected chi connectivity index (χ0v) is 11.8. The molecule has 0 radical (unpaired) electrons. The number of hydrogen-bond acceptors (Lipinski definition) is 2. The van der Waals surface area contributed by atoms with Crippen LogP contribution in [-0.4, -0.2) is 11.9 Å². The average molecular weight is 273 g/mol. The topological polar surface area (TPSA) is 16.4 Å². The van der Waals surface area contributed by atoms with Crippen LogP contribution in [0.4, 0.5) is 0 Å². The minimum Gasteiger partial charge on any atom is -0.456 e. The summed E-state index contributed by atoms with van der Waals surface area (Å²) in [5, 5.41) is 2.34. The van der Waals surface area contributed by atoms with Crippen molar-refractivity contribution in [3.05, 3.63) is 78.7 Å². The Morgan fingerprint density at radius 1 is 0.905 bits per heavy atom. The number of para-hydroxylation sites is 1. The van der Waals surface area contributed by atoms with E-state index in [4.69, 9.17) is 4.42 Å². The van der Waals surface area contributed by atoms with E-state index in [1.165, 1.54) is 16.5 Å². The fraction of sp³-hybridized carbons (Fsp3) is 0.0526. The van der Waals surface area contributed by atoms with Crippen molar-refractivity contribution in [2.45, 2.75) is 0 Å². The van der Waals surface area contributed by atoms with Crippen LogP contribution in [0.25, 0.3) is 27.5 Å². The second-order valence-electron chi connectivity index (χ2n) is 5.23. The van der Waals surface area contributed by atoms with Gasteiger partial charge in [-0.2, -0.15) is 0 Å². The van der Waals surface area contributed by atoms with Crippen LogP contribution >= 0.6 is 0 Å². The Bertz CT molecular complexity index is 912. The molecule has 0 unspecified atom stereocenters. The molecular weight excluding hydrogens is 258 g/mol. The average Bonchev–Trinajstić information content (AvgIpc) is 2.75. The number of furan rings is 1. The normalized spacial score (nSPS) is 14.7. The van der Waals surface area contributed by atoms with E-state index in [1.54, 1.807) is 0 Å². The van der Waals surface area contributed by atoms with Gasteiger partial charge in [-0.1, -0.05) is 42.5 Å². The molecule has 0 aliphatic carbocycles. The molecule has 2 heterocycles. The van der Waals surface area contributed by atoms with E-state index in [-0.39, 0.29) is 0 Å². The molecule has 1 aliphatic heterocycles. The maximum atomic E-state index is 5.96. The third-order valence-corrected chi connectivity index (χ3v) is 3.76. The lowest BCUT2D eigenvalue weighted by molar-refractivity contribution is 0.629. The molecule has 0 saturated heterocycles. The molecule has 2 aromatic carbocycles. The fourth-order valence-corrected chi connectivity index (χ4v) is 2.82. The number of hydrogen-bond donors (Lipinski definition) is 0. The Hall–Kier alpha value is -2.74. The van der Waals surface area contributed by atoms with Crippen LogP contribution < -0.4 is 0 Å². The van der Waals surface area contributed by atoms with Crippen molar-refractivity contribution in [1.29, 1.82) is 0 Å². The molecular formula is C19H15NO. The van der Waals surface area contributed by atoms with Gasteiger partial charge < -0.3 is 9.32 Å². The van der Waals surface area contributed by atoms with Gasteiger partial charge in [0.2, 0.25) is 0 Å². The van der Waals surface area contributed by atoms with Crippen LogP contribution in [0.2, 0.25) is 0 Å². The molecule has 21 heavy (non-hydrogen) atoms. The molecule has 0 spiro atoms. The van der Waals surface area contributed by atoms with Crippen LogP contribution in [-0.2, 0) is 0 Å². The van der Waals surface area contributed by atoms with E-state index in [2.05, 4.69) is 41.5 Å². The van der Waals surface area contributed by atoms with Gasteiger partial charge in [-0.25, -0.2) is 0 Å². The summed E-state index contributed by atoms with van der Waals surface area (Å²) in [5.74, 6) is 0. The monoisotopic (exact) mass is 273 g/mol. The summed E-state index contributed by atoms with van der Waals surface area (Å²) < 4.78 is 5.96. The highest BCUT2D eigenvalue weighted by Gasteiger charge is 2.12.